The number of methoxy groups -OCH3 is 1. The van der Waals surface area contributed by atoms with Crippen molar-refractivity contribution in [1.29, 1.82) is 0 Å². The Balaban J connectivity index is 1.73. The molecule has 0 aliphatic carbocycles. The van der Waals surface area contributed by atoms with E-state index in [9.17, 15) is 9.59 Å². The number of hydrogen-bond donors (Lipinski definition) is 2. The van der Waals surface area contributed by atoms with Crippen LogP contribution < -0.4 is 10.6 Å². The number of benzene rings is 1. The summed E-state index contributed by atoms with van der Waals surface area (Å²) in [6, 6.07) is 8.30. The van der Waals surface area contributed by atoms with Crippen LogP contribution in [0, 0.1) is 0 Å². The molecule has 1 aliphatic heterocycles. The number of nitrogens with zero attached hydrogens (tertiary/aromatic N) is 3. The first-order valence-corrected chi connectivity index (χ1v) is 8.25. The molecule has 8 heteroatoms. The van der Waals surface area contributed by atoms with Crippen molar-refractivity contribution in [2.45, 2.75) is 24.9 Å². The molecule has 25 heavy (non-hydrogen) atoms. The summed E-state index contributed by atoms with van der Waals surface area (Å²) < 4.78 is 6.53. The molecule has 1 aromatic carbocycles. The first-order chi connectivity index (χ1) is 12.2. The molecule has 0 bridgehead atoms. The lowest BCUT2D eigenvalue weighted by atomic mass is 10.1. The van der Waals surface area contributed by atoms with Gasteiger partial charge >= 0.3 is 5.97 Å². The zero-order valence-corrected chi connectivity index (χ0v) is 14.0. The quantitative estimate of drug-likeness (QED) is 0.781. The van der Waals surface area contributed by atoms with Gasteiger partial charge in [0.25, 0.3) is 5.91 Å². The molecular formula is C17H21N5O3. The molecule has 1 aliphatic rings. The van der Waals surface area contributed by atoms with Crippen LogP contribution in [0.25, 0.3) is 0 Å². The first kappa shape index (κ1) is 17.1. The van der Waals surface area contributed by atoms with E-state index in [4.69, 9.17) is 4.74 Å². The molecule has 2 aromatic rings. The lowest BCUT2D eigenvalue weighted by molar-refractivity contribution is -0.143. The fourth-order valence-corrected chi connectivity index (χ4v) is 2.88. The maximum Gasteiger partial charge on any atom is 0.333 e. The Morgan fingerprint density at radius 2 is 2.00 bits per heavy atom. The summed E-state index contributed by atoms with van der Waals surface area (Å²) in [5.74, 6) is -0.996. The lowest BCUT2D eigenvalue weighted by Gasteiger charge is -2.22. The fourth-order valence-electron chi connectivity index (χ4n) is 2.88. The van der Waals surface area contributed by atoms with Crippen LogP contribution in [-0.2, 0) is 9.53 Å². The van der Waals surface area contributed by atoms with Crippen molar-refractivity contribution < 1.29 is 14.3 Å². The Kier molecular flexibility index (Phi) is 5.39. The van der Waals surface area contributed by atoms with Gasteiger partial charge in [0.1, 0.15) is 0 Å². The number of rotatable bonds is 5. The largest absolute Gasteiger partial charge is 0.467 e. The van der Waals surface area contributed by atoms with E-state index in [1.807, 2.05) is 6.07 Å². The molecule has 1 atom stereocenters. The third kappa shape index (κ3) is 4.03. The summed E-state index contributed by atoms with van der Waals surface area (Å²) in [5.41, 5.74) is 0.830. The highest BCUT2D eigenvalue weighted by molar-refractivity contribution is 5.95. The summed E-state index contributed by atoms with van der Waals surface area (Å²) in [4.78, 5) is 24.5. The topological polar surface area (TPSA) is 98.1 Å². The predicted molar refractivity (Wildman–Crippen MR) is 89.8 cm³/mol. The molecule has 1 unspecified atom stereocenters. The van der Waals surface area contributed by atoms with Gasteiger partial charge in [-0.1, -0.05) is 35.5 Å². The Labute approximate surface area is 145 Å². The second-order valence-corrected chi connectivity index (χ2v) is 5.91. The number of hydrogen-bond acceptors (Lipinski definition) is 6. The van der Waals surface area contributed by atoms with Crippen LogP contribution in [0.5, 0.6) is 0 Å². The van der Waals surface area contributed by atoms with Crippen LogP contribution in [0.4, 0.5) is 0 Å². The highest BCUT2D eigenvalue weighted by atomic mass is 16.5. The van der Waals surface area contributed by atoms with Crippen LogP contribution in [-0.4, -0.2) is 47.1 Å². The normalized spacial score (nSPS) is 16.2. The van der Waals surface area contributed by atoms with Crippen molar-refractivity contribution in [3.8, 4) is 0 Å². The highest BCUT2D eigenvalue weighted by Gasteiger charge is 2.26. The second kappa shape index (κ2) is 7.89. The minimum Gasteiger partial charge on any atom is -0.467 e. The van der Waals surface area contributed by atoms with Gasteiger partial charge in [-0.25, -0.2) is 9.48 Å². The maximum atomic E-state index is 12.5. The van der Waals surface area contributed by atoms with Crippen molar-refractivity contribution in [2.24, 2.45) is 0 Å². The molecule has 1 fully saturated rings. The standard InChI is InChI=1S/C17H21N5O3/c1-25-17(24)15(12-5-3-2-4-6-12)19-16(23)14-11-22(21-20-14)13-7-9-18-10-8-13/h2-6,11,13,15,18H,7-10H2,1H3,(H,19,23). The number of carbonyl (C=O) groups excluding carboxylic acids is 2. The van der Waals surface area contributed by atoms with E-state index in [1.54, 1.807) is 35.1 Å². The molecule has 1 amide bonds. The average Bonchev–Trinajstić information content (AvgIpc) is 3.17. The smallest absolute Gasteiger partial charge is 0.333 e. The van der Waals surface area contributed by atoms with Crippen LogP contribution in [0.2, 0.25) is 0 Å². The van der Waals surface area contributed by atoms with Gasteiger partial charge in [0.2, 0.25) is 0 Å². The van der Waals surface area contributed by atoms with Crippen molar-refractivity contribution in [3.05, 3.63) is 47.8 Å². The molecule has 2 N–H and O–H groups in total. The predicted octanol–water partition coefficient (Wildman–Crippen LogP) is 0.847. The second-order valence-electron chi connectivity index (χ2n) is 5.91. The summed E-state index contributed by atoms with van der Waals surface area (Å²) in [7, 11) is 1.29. The molecule has 0 radical (unpaired) electrons. The number of esters is 1. The number of ether oxygens (including phenoxy) is 1. The van der Waals surface area contributed by atoms with Crippen LogP contribution in [0.15, 0.2) is 36.5 Å². The minimum absolute atomic E-state index is 0.184. The highest BCUT2D eigenvalue weighted by Crippen LogP contribution is 2.18. The lowest BCUT2D eigenvalue weighted by Crippen LogP contribution is -2.34. The summed E-state index contributed by atoms with van der Waals surface area (Å²) in [6.45, 7) is 1.84. The van der Waals surface area contributed by atoms with Gasteiger partial charge in [-0.05, 0) is 31.5 Å². The van der Waals surface area contributed by atoms with Crippen LogP contribution >= 0.6 is 0 Å². The average molecular weight is 343 g/mol. The van der Waals surface area contributed by atoms with E-state index in [-0.39, 0.29) is 11.7 Å². The third-order valence-corrected chi connectivity index (χ3v) is 4.27. The Morgan fingerprint density at radius 3 is 2.68 bits per heavy atom. The molecule has 132 valence electrons. The number of aromatic nitrogens is 3. The van der Waals surface area contributed by atoms with Gasteiger partial charge < -0.3 is 15.4 Å². The van der Waals surface area contributed by atoms with Gasteiger partial charge in [-0.2, -0.15) is 0 Å². The van der Waals surface area contributed by atoms with Crippen molar-refractivity contribution in [3.63, 3.8) is 0 Å². The summed E-state index contributed by atoms with van der Waals surface area (Å²) >= 11 is 0. The van der Waals surface area contributed by atoms with Crippen molar-refractivity contribution >= 4 is 11.9 Å². The van der Waals surface area contributed by atoms with Crippen molar-refractivity contribution in [1.82, 2.24) is 25.6 Å². The monoisotopic (exact) mass is 343 g/mol. The SMILES string of the molecule is COC(=O)C(NC(=O)c1cn(C2CCNCC2)nn1)c1ccccc1. The van der Waals surface area contributed by atoms with E-state index in [1.165, 1.54) is 7.11 Å². The molecular weight excluding hydrogens is 322 g/mol. The van der Waals surface area contributed by atoms with Crippen LogP contribution in [0.3, 0.4) is 0 Å². The van der Waals surface area contributed by atoms with E-state index in [0.717, 1.165) is 25.9 Å². The van der Waals surface area contributed by atoms with E-state index in [0.29, 0.717) is 5.56 Å². The van der Waals surface area contributed by atoms with Gasteiger partial charge in [-0.3, -0.25) is 4.79 Å². The van der Waals surface area contributed by atoms with Crippen molar-refractivity contribution in [2.75, 3.05) is 20.2 Å². The number of amides is 1. The molecule has 3 rings (SSSR count). The molecule has 1 aromatic heterocycles. The zero-order chi connectivity index (χ0) is 17.6. The van der Waals surface area contributed by atoms with E-state index >= 15 is 0 Å². The van der Waals surface area contributed by atoms with E-state index < -0.39 is 17.9 Å². The van der Waals surface area contributed by atoms with Gasteiger partial charge in [-0.15, -0.1) is 5.10 Å². The fraction of sp³-hybridized carbons (Fsp3) is 0.412. The van der Waals surface area contributed by atoms with Gasteiger partial charge in [0, 0.05) is 0 Å². The number of carbonyl (C=O) groups is 2. The number of nitrogens with one attached hydrogen (secondary N) is 2. The maximum absolute atomic E-state index is 12.5. The number of piperidine rings is 1. The Hall–Kier alpha value is -2.74. The zero-order valence-electron chi connectivity index (χ0n) is 14.0. The molecule has 8 nitrogen and oxygen atoms in total. The van der Waals surface area contributed by atoms with Gasteiger partial charge in [0.05, 0.1) is 19.3 Å². The Bertz CT molecular complexity index is 725. The molecule has 1 saturated heterocycles. The molecule has 2 heterocycles. The summed E-state index contributed by atoms with van der Waals surface area (Å²) in [6.07, 6.45) is 3.52. The first-order valence-electron chi connectivity index (χ1n) is 8.25. The minimum atomic E-state index is -0.886. The van der Waals surface area contributed by atoms with E-state index in [2.05, 4.69) is 20.9 Å². The summed E-state index contributed by atoms with van der Waals surface area (Å²) in [5, 5.41) is 14.0. The molecule has 0 saturated carbocycles. The molecule has 0 spiro atoms. The Morgan fingerprint density at radius 1 is 1.28 bits per heavy atom. The van der Waals surface area contributed by atoms with Crippen LogP contribution in [0.1, 0.15) is 41.0 Å². The third-order valence-electron chi connectivity index (χ3n) is 4.27. The van der Waals surface area contributed by atoms with Gasteiger partial charge in [0.15, 0.2) is 11.7 Å².